The first-order valence-electron chi connectivity index (χ1n) is 10.1. The highest BCUT2D eigenvalue weighted by molar-refractivity contribution is 7.89. The van der Waals surface area contributed by atoms with Crippen LogP contribution < -0.4 is 0 Å². The molecule has 2 aromatic heterocycles. The zero-order valence-electron chi connectivity index (χ0n) is 17.6. The zero-order valence-corrected chi connectivity index (χ0v) is 18.4. The van der Waals surface area contributed by atoms with Crippen molar-refractivity contribution in [2.24, 2.45) is 0 Å². The molecule has 30 heavy (non-hydrogen) atoms. The molecule has 9 heteroatoms. The van der Waals surface area contributed by atoms with Crippen LogP contribution in [0.5, 0.6) is 0 Å². The largest absolute Gasteiger partial charge is 0.356 e. The van der Waals surface area contributed by atoms with Crippen molar-refractivity contribution in [2.75, 3.05) is 13.1 Å². The van der Waals surface area contributed by atoms with Gasteiger partial charge in [0.05, 0.1) is 10.6 Å². The fourth-order valence-corrected chi connectivity index (χ4v) is 5.38. The van der Waals surface area contributed by atoms with Gasteiger partial charge in [0.25, 0.3) is 0 Å². The van der Waals surface area contributed by atoms with Crippen molar-refractivity contribution in [3.63, 3.8) is 0 Å². The van der Waals surface area contributed by atoms with Gasteiger partial charge in [-0.2, -0.15) is 9.29 Å². The molecule has 4 rings (SSSR count). The minimum Gasteiger partial charge on any atom is -0.356 e. The van der Waals surface area contributed by atoms with Crippen molar-refractivity contribution in [1.29, 1.82) is 0 Å². The Bertz CT molecular complexity index is 1140. The Morgan fingerprint density at radius 2 is 1.80 bits per heavy atom. The van der Waals surface area contributed by atoms with E-state index in [1.165, 1.54) is 0 Å². The topological polar surface area (TPSA) is 102 Å². The average Bonchev–Trinajstić information content (AvgIpc) is 3.38. The van der Waals surface area contributed by atoms with E-state index in [0.717, 1.165) is 5.69 Å². The molecule has 0 spiro atoms. The van der Waals surface area contributed by atoms with Gasteiger partial charge in [-0.3, -0.25) is 0 Å². The quantitative estimate of drug-likeness (QED) is 0.602. The predicted molar refractivity (Wildman–Crippen MR) is 111 cm³/mol. The van der Waals surface area contributed by atoms with Crippen LogP contribution in [0, 0.1) is 13.8 Å². The summed E-state index contributed by atoms with van der Waals surface area (Å²) in [6, 6.07) is 7.12. The van der Waals surface area contributed by atoms with E-state index >= 15 is 0 Å². The highest BCUT2D eigenvalue weighted by Crippen LogP contribution is 2.33. The summed E-state index contributed by atoms with van der Waals surface area (Å²) in [5, 5.41) is 7.92. The highest BCUT2D eigenvalue weighted by Gasteiger charge is 2.33. The lowest BCUT2D eigenvalue weighted by Gasteiger charge is -2.30. The molecule has 0 amide bonds. The van der Waals surface area contributed by atoms with Gasteiger partial charge in [-0.15, -0.1) is 0 Å². The first kappa shape index (κ1) is 20.7. The number of aromatic nitrogens is 3. The molecule has 0 atom stereocenters. The van der Waals surface area contributed by atoms with E-state index < -0.39 is 10.0 Å². The molecule has 0 saturated carbocycles. The van der Waals surface area contributed by atoms with Gasteiger partial charge in [-0.05, 0) is 38.3 Å². The van der Waals surface area contributed by atoms with Gasteiger partial charge in [0, 0.05) is 36.6 Å². The van der Waals surface area contributed by atoms with Crippen molar-refractivity contribution >= 4 is 10.0 Å². The normalized spacial score (nSPS) is 16.4. The fourth-order valence-electron chi connectivity index (χ4n) is 3.66. The first-order valence-corrected chi connectivity index (χ1v) is 11.6. The van der Waals surface area contributed by atoms with Gasteiger partial charge in [-0.1, -0.05) is 36.3 Å². The fraction of sp³-hybridized carbons (Fsp3) is 0.476. The maximum absolute atomic E-state index is 13.4. The van der Waals surface area contributed by atoms with E-state index in [0.29, 0.717) is 59.4 Å². The summed E-state index contributed by atoms with van der Waals surface area (Å²) in [5.41, 5.74) is 2.15. The lowest BCUT2D eigenvalue weighted by molar-refractivity contribution is 0.270. The number of aryl methyl sites for hydroxylation is 2. The molecule has 1 aliphatic heterocycles. The van der Waals surface area contributed by atoms with Gasteiger partial charge in [-0.25, -0.2) is 8.42 Å². The Labute approximate surface area is 176 Å². The van der Waals surface area contributed by atoms with E-state index in [1.807, 2.05) is 26.8 Å². The number of rotatable bonds is 5. The molecule has 1 aromatic carbocycles. The van der Waals surface area contributed by atoms with Crippen molar-refractivity contribution in [1.82, 2.24) is 19.6 Å². The maximum Gasteiger partial charge on any atom is 0.243 e. The summed E-state index contributed by atoms with van der Waals surface area (Å²) in [6.45, 7) is 8.49. The SMILES string of the molecule is Cc1cc(-c2ccc(C)c(S(=O)(=O)N3CCC(c4nc(C(C)C)no4)CC3)c2)on1. The standard InChI is InChI=1S/C21H26N4O4S/c1-13(2)20-22-21(29-24-20)16-7-9-25(10-8-16)30(26,27)19-12-17(6-5-14(19)3)18-11-15(4)23-28-18/h5-6,11-13,16H,7-10H2,1-4H3. The molecule has 8 nitrogen and oxygen atoms in total. The molecule has 0 bridgehead atoms. The zero-order chi connectivity index (χ0) is 21.5. The second-order valence-electron chi connectivity index (χ2n) is 8.14. The van der Waals surface area contributed by atoms with Crippen LogP contribution in [0.25, 0.3) is 11.3 Å². The smallest absolute Gasteiger partial charge is 0.243 e. The molecular formula is C21H26N4O4S. The Balaban J connectivity index is 1.53. The number of sulfonamides is 1. The van der Waals surface area contributed by atoms with Crippen LogP contribution >= 0.6 is 0 Å². The maximum atomic E-state index is 13.4. The highest BCUT2D eigenvalue weighted by atomic mass is 32.2. The number of hydrogen-bond donors (Lipinski definition) is 0. The summed E-state index contributed by atoms with van der Waals surface area (Å²) in [4.78, 5) is 4.78. The molecule has 3 aromatic rings. The number of benzene rings is 1. The molecule has 1 saturated heterocycles. The molecule has 160 valence electrons. The van der Waals surface area contributed by atoms with Gasteiger partial charge in [0.1, 0.15) is 0 Å². The molecular weight excluding hydrogens is 404 g/mol. The third-order valence-corrected chi connectivity index (χ3v) is 7.54. The van der Waals surface area contributed by atoms with Crippen molar-refractivity contribution in [3.05, 3.63) is 47.2 Å². The monoisotopic (exact) mass is 430 g/mol. The van der Waals surface area contributed by atoms with E-state index in [9.17, 15) is 8.42 Å². The van der Waals surface area contributed by atoms with Crippen molar-refractivity contribution in [3.8, 4) is 11.3 Å². The van der Waals surface area contributed by atoms with Crippen LogP contribution in [-0.4, -0.2) is 41.1 Å². The second-order valence-corrected chi connectivity index (χ2v) is 10.0. The van der Waals surface area contributed by atoms with Crippen LogP contribution in [0.2, 0.25) is 0 Å². The van der Waals surface area contributed by atoms with Crippen LogP contribution in [0.4, 0.5) is 0 Å². The summed E-state index contributed by atoms with van der Waals surface area (Å²) in [6.07, 6.45) is 1.30. The number of hydrogen-bond acceptors (Lipinski definition) is 7. The summed E-state index contributed by atoms with van der Waals surface area (Å²) < 4.78 is 39.0. The second kappa shape index (κ2) is 7.96. The van der Waals surface area contributed by atoms with Crippen LogP contribution in [0.15, 0.2) is 38.2 Å². The lowest BCUT2D eigenvalue weighted by Crippen LogP contribution is -2.38. The third-order valence-electron chi connectivity index (χ3n) is 5.50. The van der Waals surface area contributed by atoms with Crippen molar-refractivity contribution in [2.45, 2.75) is 57.3 Å². The summed E-state index contributed by atoms with van der Waals surface area (Å²) in [5.74, 6) is 2.14. The average molecular weight is 431 g/mol. The molecule has 3 heterocycles. The Morgan fingerprint density at radius 1 is 1.07 bits per heavy atom. The van der Waals surface area contributed by atoms with Gasteiger partial charge in [0.15, 0.2) is 11.6 Å². The minimum absolute atomic E-state index is 0.0843. The summed E-state index contributed by atoms with van der Waals surface area (Å²) in [7, 11) is -3.63. The molecule has 0 radical (unpaired) electrons. The van der Waals surface area contributed by atoms with Crippen molar-refractivity contribution < 1.29 is 17.5 Å². The van der Waals surface area contributed by atoms with Gasteiger partial charge >= 0.3 is 0 Å². The molecule has 0 aliphatic carbocycles. The predicted octanol–water partition coefficient (Wildman–Crippen LogP) is 4.03. The minimum atomic E-state index is -3.63. The Morgan fingerprint density at radius 3 is 2.40 bits per heavy atom. The lowest BCUT2D eigenvalue weighted by atomic mass is 9.98. The Kier molecular flexibility index (Phi) is 5.50. The molecule has 0 unspecified atom stereocenters. The third kappa shape index (κ3) is 3.91. The van der Waals surface area contributed by atoms with Crippen LogP contribution in [0.3, 0.4) is 0 Å². The van der Waals surface area contributed by atoms with E-state index in [-0.39, 0.29) is 11.8 Å². The van der Waals surface area contributed by atoms with Gasteiger partial charge in [0.2, 0.25) is 15.9 Å². The van der Waals surface area contributed by atoms with E-state index in [2.05, 4.69) is 15.3 Å². The number of piperidine rings is 1. The van der Waals surface area contributed by atoms with Gasteiger partial charge < -0.3 is 9.05 Å². The molecule has 1 aliphatic rings. The number of nitrogens with zero attached hydrogens (tertiary/aromatic N) is 4. The van der Waals surface area contributed by atoms with Crippen LogP contribution in [0.1, 0.15) is 61.5 Å². The first-order chi connectivity index (χ1) is 14.3. The Hall–Kier alpha value is -2.52. The molecule has 1 fully saturated rings. The summed E-state index contributed by atoms with van der Waals surface area (Å²) >= 11 is 0. The van der Waals surface area contributed by atoms with E-state index in [4.69, 9.17) is 9.05 Å². The van der Waals surface area contributed by atoms with Crippen LogP contribution in [-0.2, 0) is 10.0 Å². The molecule has 0 N–H and O–H groups in total. The van der Waals surface area contributed by atoms with E-state index in [1.54, 1.807) is 29.4 Å².